The molecule has 1 amide bonds. The lowest BCUT2D eigenvalue weighted by Crippen LogP contribution is -2.26. The van der Waals surface area contributed by atoms with Crippen molar-refractivity contribution in [3.8, 4) is 0 Å². The van der Waals surface area contributed by atoms with Gasteiger partial charge in [0.2, 0.25) is 5.56 Å². The fourth-order valence-electron chi connectivity index (χ4n) is 1.85. The van der Waals surface area contributed by atoms with E-state index in [1.165, 1.54) is 12.1 Å². The average Bonchev–Trinajstić information content (AvgIpc) is 2.88. The summed E-state index contributed by atoms with van der Waals surface area (Å²) in [6.45, 7) is 0.223. The van der Waals surface area contributed by atoms with Gasteiger partial charge in [0.15, 0.2) is 11.5 Å². The van der Waals surface area contributed by atoms with Crippen molar-refractivity contribution < 1.29 is 4.79 Å². The molecule has 0 spiro atoms. The fraction of sp³-hybridized carbons (Fsp3) is 0.0769. The van der Waals surface area contributed by atoms with Crippen LogP contribution in [0.15, 0.2) is 47.4 Å². The number of nitrogens with one attached hydrogen (secondary N) is 2. The Kier molecular flexibility index (Phi) is 3.00. The van der Waals surface area contributed by atoms with Crippen LogP contribution in [0.4, 0.5) is 0 Å². The lowest BCUT2D eigenvalue weighted by Gasteiger charge is -2.03. The number of nitrogens with zero attached hydrogens (tertiary/aromatic N) is 3. The summed E-state index contributed by atoms with van der Waals surface area (Å²) in [5.41, 5.74) is 0.613. The molecule has 20 heavy (non-hydrogen) atoms. The lowest BCUT2D eigenvalue weighted by atomic mass is 10.3. The molecular formula is C13H11N5O2. The van der Waals surface area contributed by atoms with Gasteiger partial charge in [0, 0.05) is 12.3 Å². The SMILES string of the molecule is O=C(NCc1nnc2ccccn12)c1cccc(=O)[nH]1. The van der Waals surface area contributed by atoms with Gasteiger partial charge in [-0.3, -0.25) is 14.0 Å². The molecule has 0 atom stereocenters. The fourth-order valence-corrected chi connectivity index (χ4v) is 1.85. The normalized spacial score (nSPS) is 10.6. The van der Waals surface area contributed by atoms with E-state index >= 15 is 0 Å². The Morgan fingerprint density at radius 3 is 2.95 bits per heavy atom. The van der Waals surface area contributed by atoms with Crippen LogP contribution in [0.1, 0.15) is 16.3 Å². The highest BCUT2D eigenvalue weighted by molar-refractivity contribution is 5.92. The minimum atomic E-state index is -0.365. The van der Waals surface area contributed by atoms with Crippen LogP contribution in [0.25, 0.3) is 5.65 Å². The van der Waals surface area contributed by atoms with E-state index in [1.807, 2.05) is 24.4 Å². The number of hydrogen-bond donors (Lipinski definition) is 2. The van der Waals surface area contributed by atoms with Gasteiger partial charge in [0.05, 0.1) is 6.54 Å². The van der Waals surface area contributed by atoms with Crippen molar-refractivity contribution >= 4 is 11.6 Å². The lowest BCUT2D eigenvalue weighted by molar-refractivity contribution is 0.0944. The number of carbonyl (C=O) groups excluding carboxylic acids is 1. The van der Waals surface area contributed by atoms with Crippen LogP contribution >= 0.6 is 0 Å². The third kappa shape index (κ3) is 2.28. The highest BCUT2D eigenvalue weighted by Crippen LogP contribution is 2.02. The van der Waals surface area contributed by atoms with Gasteiger partial charge in [-0.2, -0.15) is 0 Å². The van der Waals surface area contributed by atoms with E-state index in [0.29, 0.717) is 11.5 Å². The Balaban J connectivity index is 1.76. The van der Waals surface area contributed by atoms with Crippen molar-refractivity contribution in [2.75, 3.05) is 0 Å². The molecular weight excluding hydrogens is 258 g/mol. The van der Waals surface area contributed by atoms with Gasteiger partial charge in [0.1, 0.15) is 5.69 Å². The van der Waals surface area contributed by atoms with Gasteiger partial charge in [-0.15, -0.1) is 10.2 Å². The summed E-state index contributed by atoms with van der Waals surface area (Å²) >= 11 is 0. The molecule has 100 valence electrons. The molecule has 3 aromatic heterocycles. The number of amides is 1. The quantitative estimate of drug-likeness (QED) is 0.717. The van der Waals surface area contributed by atoms with Crippen molar-refractivity contribution in [3.05, 3.63) is 64.5 Å². The predicted octanol–water partition coefficient (Wildman–Crippen LogP) is 0.348. The minimum Gasteiger partial charge on any atom is -0.343 e. The molecule has 0 aliphatic heterocycles. The topological polar surface area (TPSA) is 92.2 Å². The molecule has 0 aromatic carbocycles. The number of H-pyrrole nitrogens is 1. The molecule has 3 aromatic rings. The van der Waals surface area contributed by atoms with Crippen LogP contribution < -0.4 is 10.9 Å². The average molecular weight is 269 g/mol. The van der Waals surface area contributed by atoms with E-state index < -0.39 is 0 Å². The van der Waals surface area contributed by atoms with Crippen LogP contribution in [0.3, 0.4) is 0 Å². The number of aromatic nitrogens is 4. The third-order valence-electron chi connectivity index (χ3n) is 2.80. The first kappa shape index (κ1) is 12.1. The summed E-state index contributed by atoms with van der Waals surface area (Å²) in [5.74, 6) is 0.252. The van der Waals surface area contributed by atoms with Gasteiger partial charge in [0.25, 0.3) is 5.91 Å². The molecule has 0 saturated carbocycles. The summed E-state index contributed by atoms with van der Waals surface area (Å²) in [6, 6.07) is 9.96. The van der Waals surface area contributed by atoms with E-state index in [1.54, 1.807) is 10.5 Å². The van der Waals surface area contributed by atoms with E-state index in [4.69, 9.17) is 0 Å². The first-order valence-corrected chi connectivity index (χ1v) is 6.00. The maximum atomic E-state index is 11.9. The molecule has 3 heterocycles. The van der Waals surface area contributed by atoms with Crippen LogP contribution in [0.5, 0.6) is 0 Å². The maximum absolute atomic E-state index is 11.9. The number of fused-ring (bicyclic) bond motifs is 1. The van der Waals surface area contributed by atoms with Crippen LogP contribution in [0, 0.1) is 0 Å². The van der Waals surface area contributed by atoms with Crippen molar-refractivity contribution in [2.24, 2.45) is 0 Å². The standard InChI is InChI=1S/C13H11N5O2/c19-12-6-3-4-9(15-12)13(20)14-8-11-17-16-10-5-1-2-7-18(10)11/h1-7H,8H2,(H,14,20)(H,15,19). The minimum absolute atomic E-state index is 0.214. The van der Waals surface area contributed by atoms with Gasteiger partial charge >= 0.3 is 0 Å². The second kappa shape index (κ2) is 4.96. The molecule has 0 saturated heterocycles. The molecule has 0 aliphatic carbocycles. The van der Waals surface area contributed by atoms with E-state index in [9.17, 15) is 9.59 Å². The molecule has 7 heteroatoms. The molecule has 0 fully saturated rings. The van der Waals surface area contributed by atoms with Crippen molar-refractivity contribution in [3.63, 3.8) is 0 Å². The Morgan fingerprint density at radius 2 is 2.10 bits per heavy atom. The molecule has 0 radical (unpaired) electrons. The predicted molar refractivity (Wildman–Crippen MR) is 71.2 cm³/mol. The number of pyridine rings is 2. The number of aromatic amines is 1. The molecule has 7 nitrogen and oxygen atoms in total. The maximum Gasteiger partial charge on any atom is 0.268 e. The monoisotopic (exact) mass is 269 g/mol. The molecule has 3 rings (SSSR count). The van der Waals surface area contributed by atoms with Gasteiger partial charge < -0.3 is 10.3 Å². The van der Waals surface area contributed by atoms with E-state index in [-0.39, 0.29) is 23.7 Å². The second-order valence-corrected chi connectivity index (χ2v) is 4.16. The smallest absolute Gasteiger partial charge is 0.268 e. The molecule has 0 aliphatic rings. The van der Waals surface area contributed by atoms with Crippen LogP contribution in [-0.4, -0.2) is 25.5 Å². The summed E-state index contributed by atoms with van der Waals surface area (Å²) in [6.07, 6.45) is 1.82. The van der Waals surface area contributed by atoms with Crippen LogP contribution in [0.2, 0.25) is 0 Å². The highest BCUT2D eigenvalue weighted by atomic mass is 16.2. The van der Waals surface area contributed by atoms with Gasteiger partial charge in [-0.05, 0) is 18.2 Å². The highest BCUT2D eigenvalue weighted by Gasteiger charge is 2.09. The number of carbonyl (C=O) groups is 1. The molecule has 0 unspecified atom stereocenters. The van der Waals surface area contributed by atoms with Crippen molar-refractivity contribution in [1.29, 1.82) is 0 Å². The Labute approximate surface area is 113 Å². The summed E-state index contributed by atoms with van der Waals surface area (Å²) < 4.78 is 1.79. The third-order valence-corrected chi connectivity index (χ3v) is 2.80. The summed E-state index contributed by atoms with van der Waals surface area (Å²) in [4.78, 5) is 25.5. The zero-order chi connectivity index (χ0) is 13.9. The first-order valence-electron chi connectivity index (χ1n) is 6.00. The van der Waals surface area contributed by atoms with E-state index in [2.05, 4.69) is 20.5 Å². The number of rotatable bonds is 3. The van der Waals surface area contributed by atoms with Crippen molar-refractivity contribution in [2.45, 2.75) is 6.54 Å². The Bertz CT molecular complexity index is 820. The zero-order valence-corrected chi connectivity index (χ0v) is 10.4. The Hall–Kier alpha value is -2.96. The second-order valence-electron chi connectivity index (χ2n) is 4.16. The zero-order valence-electron chi connectivity index (χ0n) is 10.4. The van der Waals surface area contributed by atoms with E-state index in [0.717, 1.165) is 0 Å². The Morgan fingerprint density at radius 1 is 1.20 bits per heavy atom. The van der Waals surface area contributed by atoms with Gasteiger partial charge in [-0.25, -0.2) is 0 Å². The molecule has 2 N–H and O–H groups in total. The summed E-state index contributed by atoms with van der Waals surface area (Å²) in [7, 11) is 0. The largest absolute Gasteiger partial charge is 0.343 e. The number of hydrogen-bond acceptors (Lipinski definition) is 4. The van der Waals surface area contributed by atoms with Gasteiger partial charge in [-0.1, -0.05) is 12.1 Å². The van der Waals surface area contributed by atoms with Crippen molar-refractivity contribution in [1.82, 2.24) is 24.9 Å². The first-order chi connectivity index (χ1) is 9.74. The summed E-state index contributed by atoms with van der Waals surface area (Å²) in [5, 5.41) is 10.7. The molecule has 0 bridgehead atoms. The van der Waals surface area contributed by atoms with Crippen LogP contribution in [-0.2, 0) is 6.54 Å².